The molecule has 2 aromatic heterocycles. The first-order chi connectivity index (χ1) is 10.2. The topological polar surface area (TPSA) is 88.2 Å². The van der Waals surface area contributed by atoms with Crippen molar-refractivity contribution in [3.05, 3.63) is 54.2 Å². The lowest BCUT2D eigenvalue weighted by Gasteiger charge is -2.07. The molecule has 0 aliphatic carbocycles. The van der Waals surface area contributed by atoms with E-state index < -0.39 is 5.97 Å². The number of hydrogen-bond acceptors (Lipinski definition) is 5. The van der Waals surface area contributed by atoms with E-state index in [1.165, 1.54) is 12.4 Å². The first kappa shape index (κ1) is 13.1. The number of rotatable bonds is 5. The maximum atomic E-state index is 11.0. The van der Waals surface area contributed by atoms with Crippen LogP contribution in [0.4, 0.5) is 5.82 Å². The average molecular weight is 283 g/mol. The second kappa shape index (κ2) is 5.62. The van der Waals surface area contributed by atoms with Gasteiger partial charge in [-0.2, -0.15) is 0 Å². The maximum Gasteiger partial charge on any atom is 0.335 e. The molecule has 3 rings (SSSR count). The summed E-state index contributed by atoms with van der Waals surface area (Å²) in [4.78, 5) is 19.3. The van der Waals surface area contributed by atoms with Crippen LogP contribution in [0, 0.1) is 0 Å². The van der Waals surface area contributed by atoms with Crippen molar-refractivity contribution in [3.8, 4) is 0 Å². The first-order valence-corrected chi connectivity index (χ1v) is 6.48. The molecule has 0 spiro atoms. The van der Waals surface area contributed by atoms with Crippen LogP contribution in [0.2, 0.25) is 0 Å². The Labute approximate surface area is 120 Å². The van der Waals surface area contributed by atoms with Gasteiger partial charge in [-0.25, -0.2) is 14.8 Å². The summed E-state index contributed by atoms with van der Waals surface area (Å²) in [7, 11) is 0. The number of aromatic nitrogens is 2. The normalized spacial score (nSPS) is 10.7. The Hall–Kier alpha value is -2.89. The molecular formula is C15H13N3O3. The van der Waals surface area contributed by atoms with Gasteiger partial charge in [0.25, 0.3) is 0 Å². The zero-order valence-corrected chi connectivity index (χ0v) is 11.1. The van der Waals surface area contributed by atoms with Gasteiger partial charge in [-0.15, -0.1) is 0 Å². The molecule has 106 valence electrons. The quantitative estimate of drug-likeness (QED) is 0.748. The molecule has 0 saturated carbocycles. The largest absolute Gasteiger partial charge is 0.478 e. The number of carbonyl (C=O) groups is 1. The minimum absolute atomic E-state index is 0.211. The number of aromatic carboxylic acids is 1. The van der Waals surface area contributed by atoms with Gasteiger partial charge in [0.1, 0.15) is 17.9 Å². The van der Waals surface area contributed by atoms with Gasteiger partial charge in [0, 0.05) is 18.4 Å². The summed E-state index contributed by atoms with van der Waals surface area (Å²) >= 11 is 0. The Morgan fingerprint density at radius 3 is 2.95 bits per heavy atom. The Balaban J connectivity index is 1.80. The highest BCUT2D eigenvalue weighted by Crippen LogP contribution is 2.20. The molecule has 1 aromatic carbocycles. The van der Waals surface area contributed by atoms with E-state index in [1.807, 2.05) is 12.1 Å². The van der Waals surface area contributed by atoms with Crippen LogP contribution in [-0.4, -0.2) is 27.6 Å². The van der Waals surface area contributed by atoms with Crippen LogP contribution in [0.3, 0.4) is 0 Å². The number of anilines is 1. The number of carboxylic acid groups (broad SMARTS) is 1. The van der Waals surface area contributed by atoms with Gasteiger partial charge in [0.15, 0.2) is 0 Å². The maximum absolute atomic E-state index is 11.0. The zero-order valence-electron chi connectivity index (χ0n) is 11.1. The standard InChI is InChI=1S/C15H13N3O3/c19-15(20)10-3-4-12-13(8-10)17-9-18-14(12)16-6-5-11-2-1-7-21-11/h1-4,7-9H,5-6H2,(H,19,20)(H,16,17,18). The highest BCUT2D eigenvalue weighted by Gasteiger charge is 2.08. The minimum atomic E-state index is -0.970. The second-order valence-electron chi connectivity index (χ2n) is 4.52. The van der Waals surface area contributed by atoms with E-state index in [0.717, 1.165) is 17.6 Å². The van der Waals surface area contributed by atoms with Crippen molar-refractivity contribution < 1.29 is 14.3 Å². The Morgan fingerprint density at radius 1 is 1.29 bits per heavy atom. The van der Waals surface area contributed by atoms with Crippen molar-refractivity contribution in [2.45, 2.75) is 6.42 Å². The molecule has 0 radical (unpaired) electrons. The number of fused-ring (bicyclic) bond motifs is 1. The van der Waals surface area contributed by atoms with Crippen LogP contribution in [0.1, 0.15) is 16.1 Å². The molecule has 0 atom stereocenters. The van der Waals surface area contributed by atoms with Crippen LogP contribution in [0.25, 0.3) is 10.9 Å². The van der Waals surface area contributed by atoms with Crippen LogP contribution in [-0.2, 0) is 6.42 Å². The number of nitrogens with zero attached hydrogens (tertiary/aromatic N) is 2. The molecule has 3 aromatic rings. The fourth-order valence-electron chi connectivity index (χ4n) is 2.09. The molecule has 0 unspecified atom stereocenters. The van der Waals surface area contributed by atoms with Gasteiger partial charge in [0.2, 0.25) is 0 Å². The molecule has 0 aliphatic heterocycles. The number of nitrogens with one attached hydrogen (secondary N) is 1. The third-order valence-electron chi connectivity index (χ3n) is 3.13. The number of benzene rings is 1. The fraction of sp³-hybridized carbons (Fsp3) is 0.133. The van der Waals surface area contributed by atoms with Crippen molar-refractivity contribution in [1.82, 2.24) is 9.97 Å². The van der Waals surface area contributed by atoms with Gasteiger partial charge in [-0.3, -0.25) is 0 Å². The summed E-state index contributed by atoms with van der Waals surface area (Å²) < 4.78 is 5.26. The molecule has 21 heavy (non-hydrogen) atoms. The van der Waals surface area contributed by atoms with Crippen molar-refractivity contribution in [3.63, 3.8) is 0 Å². The molecule has 0 fully saturated rings. The Morgan fingerprint density at radius 2 is 2.19 bits per heavy atom. The predicted molar refractivity (Wildman–Crippen MR) is 77.4 cm³/mol. The van der Waals surface area contributed by atoms with Crippen LogP contribution in [0.5, 0.6) is 0 Å². The fourth-order valence-corrected chi connectivity index (χ4v) is 2.09. The molecule has 0 aliphatic rings. The minimum Gasteiger partial charge on any atom is -0.478 e. The molecule has 0 amide bonds. The van der Waals surface area contributed by atoms with Gasteiger partial charge < -0.3 is 14.8 Å². The van der Waals surface area contributed by atoms with Crippen molar-refractivity contribution in [1.29, 1.82) is 0 Å². The van der Waals surface area contributed by atoms with Crippen molar-refractivity contribution in [2.75, 3.05) is 11.9 Å². The summed E-state index contributed by atoms with van der Waals surface area (Å²) in [5.41, 5.74) is 0.813. The van der Waals surface area contributed by atoms with Gasteiger partial charge >= 0.3 is 5.97 Å². The van der Waals surface area contributed by atoms with E-state index in [-0.39, 0.29) is 5.56 Å². The summed E-state index contributed by atoms with van der Waals surface area (Å²) in [6.07, 6.45) is 3.80. The van der Waals surface area contributed by atoms with E-state index in [0.29, 0.717) is 17.9 Å². The third kappa shape index (κ3) is 2.84. The van der Waals surface area contributed by atoms with E-state index in [1.54, 1.807) is 18.4 Å². The third-order valence-corrected chi connectivity index (χ3v) is 3.13. The number of hydrogen-bond donors (Lipinski definition) is 2. The lowest BCUT2D eigenvalue weighted by Crippen LogP contribution is -2.07. The van der Waals surface area contributed by atoms with E-state index in [2.05, 4.69) is 15.3 Å². The zero-order chi connectivity index (χ0) is 14.7. The van der Waals surface area contributed by atoms with Crippen molar-refractivity contribution in [2.24, 2.45) is 0 Å². The summed E-state index contributed by atoms with van der Waals surface area (Å²) in [5.74, 6) is 0.611. The molecule has 2 N–H and O–H groups in total. The van der Waals surface area contributed by atoms with E-state index in [4.69, 9.17) is 9.52 Å². The van der Waals surface area contributed by atoms with Crippen molar-refractivity contribution >= 4 is 22.7 Å². The van der Waals surface area contributed by atoms with Crippen LogP contribution >= 0.6 is 0 Å². The highest BCUT2D eigenvalue weighted by molar-refractivity contribution is 5.96. The van der Waals surface area contributed by atoms with Gasteiger partial charge in [-0.1, -0.05) is 0 Å². The molecule has 6 heteroatoms. The smallest absolute Gasteiger partial charge is 0.335 e. The first-order valence-electron chi connectivity index (χ1n) is 6.48. The lowest BCUT2D eigenvalue weighted by molar-refractivity contribution is 0.0697. The van der Waals surface area contributed by atoms with Crippen LogP contribution < -0.4 is 5.32 Å². The monoisotopic (exact) mass is 283 g/mol. The summed E-state index contributed by atoms with van der Waals surface area (Å²) in [6, 6.07) is 8.57. The highest BCUT2D eigenvalue weighted by atomic mass is 16.4. The molecular weight excluding hydrogens is 270 g/mol. The summed E-state index contributed by atoms with van der Waals surface area (Å²) in [6.45, 7) is 0.667. The van der Waals surface area contributed by atoms with Gasteiger partial charge in [0.05, 0.1) is 17.3 Å². The van der Waals surface area contributed by atoms with E-state index in [9.17, 15) is 4.79 Å². The molecule has 0 saturated heterocycles. The lowest BCUT2D eigenvalue weighted by atomic mass is 10.1. The molecule has 2 heterocycles. The van der Waals surface area contributed by atoms with Gasteiger partial charge in [-0.05, 0) is 30.3 Å². The number of carboxylic acids is 1. The SMILES string of the molecule is O=C(O)c1ccc2c(NCCc3ccco3)ncnc2c1. The van der Waals surface area contributed by atoms with Crippen LogP contribution in [0.15, 0.2) is 47.3 Å². The second-order valence-corrected chi connectivity index (χ2v) is 4.52. The van der Waals surface area contributed by atoms with E-state index >= 15 is 0 Å². The molecule has 0 bridgehead atoms. The Bertz CT molecular complexity index is 769. The summed E-state index contributed by atoms with van der Waals surface area (Å²) in [5, 5.41) is 13.0. The number of furan rings is 1. The molecule has 6 nitrogen and oxygen atoms in total. The predicted octanol–water partition coefficient (Wildman–Crippen LogP) is 2.58. The average Bonchev–Trinajstić information content (AvgIpc) is 3.00. The Kier molecular flexibility index (Phi) is 3.51.